The number of ether oxygens (including phenoxy) is 2. The lowest BCUT2D eigenvalue weighted by atomic mass is 9.90. The molecule has 1 aliphatic rings. The molecule has 7 nitrogen and oxygen atoms in total. The minimum Gasteiger partial charge on any atom is -0.444 e. The molecule has 0 bridgehead atoms. The first kappa shape index (κ1) is 21.9. The Morgan fingerprint density at radius 2 is 1.83 bits per heavy atom. The number of carbonyl (C=O) groups excluding carboxylic acids is 2. The summed E-state index contributed by atoms with van der Waals surface area (Å²) in [4.78, 5) is 36.2. The predicted octanol–water partition coefficient (Wildman–Crippen LogP) is 4.19. The van der Waals surface area contributed by atoms with Crippen molar-refractivity contribution in [1.29, 1.82) is 0 Å². The fourth-order valence-corrected chi connectivity index (χ4v) is 3.65. The summed E-state index contributed by atoms with van der Waals surface area (Å²) < 4.78 is 16.2. The number of fused-ring (bicyclic) bond motifs is 3. The molecule has 30 heavy (non-hydrogen) atoms. The number of alkyl carbamates (subject to hydrolysis) is 1. The third kappa shape index (κ3) is 5.20. The summed E-state index contributed by atoms with van der Waals surface area (Å²) in [6.07, 6.45) is 3.72. The first-order valence-corrected chi connectivity index (χ1v) is 10.4. The Morgan fingerprint density at radius 1 is 1.13 bits per heavy atom. The molecule has 1 aromatic carbocycles. The van der Waals surface area contributed by atoms with E-state index >= 15 is 0 Å². The van der Waals surface area contributed by atoms with Crippen LogP contribution >= 0.6 is 0 Å². The van der Waals surface area contributed by atoms with Crippen molar-refractivity contribution in [2.24, 2.45) is 0 Å². The lowest BCUT2D eigenvalue weighted by Crippen LogP contribution is -2.33. The Labute approximate surface area is 175 Å². The number of esters is 1. The topological polar surface area (TPSA) is 94.8 Å². The molecular weight excluding hydrogens is 386 g/mol. The largest absolute Gasteiger partial charge is 0.444 e. The lowest BCUT2D eigenvalue weighted by molar-refractivity contribution is -0.134. The van der Waals surface area contributed by atoms with Gasteiger partial charge in [-0.15, -0.1) is 0 Å². The number of amides is 1. The van der Waals surface area contributed by atoms with E-state index in [2.05, 4.69) is 5.32 Å². The van der Waals surface area contributed by atoms with Gasteiger partial charge in [0.15, 0.2) is 0 Å². The van der Waals surface area contributed by atoms with Crippen LogP contribution in [0.2, 0.25) is 0 Å². The van der Waals surface area contributed by atoms with E-state index in [1.807, 2.05) is 6.07 Å². The highest BCUT2D eigenvalue weighted by Gasteiger charge is 2.21. The number of rotatable bonds is 5. The molecule has 0 saturated carbocycles. The van der Waals surface area contributed by atoms with Crippen molar-refractivity contribution in [2.45, 2.75) is 71.8 Å². The Bertz CT molecular complexity index is 1010. The first-order valence-electron chi connectivity index (χ1n) is 10.4. The third-order valence-corrected chi connectivity index (χ3v) is 5.04. The van der Waals surface area contributed by atoms with E-state index in [0.29, 0.717) is 29.9 Å². The first-order chi connectivity index (χ1) is 14.2. The fraction of sp³-hybridized carbons (Fsp3) is 0.522. The Hall–Kier alpha value is -2.83. The molecular formula is C23H29NO6. The van der Waals surface area contributed by atoms with Crippen LogP contribution in [-0.4, -0.2) is 24.2 Å². The standard InChI is InChI=1S/C23H29NO6/c1-14-18(28-19(25)10-7-13-24-22(27)30-23(2,3)4)12-11-16-15-8-5-6-9-17(15)21(26)29-20(14)16/h11-12H,5-10,13H2,1-4H3,(H,24,27). The number of hydrogen-bond acceptors (Lipinski definition) is 6. The summed E-state index contributed by atoms with van der Waals surface area (Å²) in [5.41, 5.74) is 2.09. The molecule has 0 radical (unpaired) electrons. The Kier molecular flexibility index (Phi) is 6.48. The van der Waals surface area contributed by atoms with Gasteiger partial charge >= 0.3 is 17.7 Å². The van der Waals surface area contributed by atoms with Crippen LogP contribution < -0.4 is 15.7 Å². The van der Waals surface area contributed by atoms with Gasteiger partial charge in [0.2, 0.25) is 0 Å². The highest BCUT2D eigenvalue weighted by Crippen LogP contribution is 2.32. The molecule has 0 aliphatic heterocycles. The van der Waals surface area contributed by atoms with Crippen LogP contribution in [0.15, 0.2) is 21.3 Å². The van der Waals surface area contributed by atoms with Gasteiger partial charge in [-0.3, -0.25) is 4.79 Å². The number of nitrogens with one attached hydrogen (secondary N) is 1. The highest BCUT2D eigenvalue weighted by atomic mass is 16.6. The van der Waals surface area contributed by atoms with Crippen LogP contribution in [0.5, 0.6) is 5.75 Å². The van der Waals surface area contributed by atoms with E-state index < -0.39 is 17.7 Å². The normalized spacial score (nSPS) is 13.6. The van der Waals surface area contributed by atoms with Gasteiger partial charge in [0.25, 0.3) is 0 Å². The smallest absolute Gasteiger partial charge is 0.407 e. The molecule has 0 fully saturated rings. The second kappa shape index (κ2) is 8.90. The molecule has 1 aliphatic carbocycles. The molecule has 0 saturated heterocycles. The number of benzene rings is 1. The van der Waals surface area contributed by atoms with Gasteiger partial charge in [0.1, 0.15) is 16.9 Å². The van der Waals surface area contributed by atoms with Gasteiger partial charge in [-0.2, -0.15) is 0 Å². The molecule has 0 atom stereocenters. The third-order valence-electron chi connectivity index (χ3n) is 5.04. The van der Waals surface area contributed by atoms with Crippen molar-refractivity contribution < 1.29 is 23.5 Å². The molecule has 0 spiro atoms. The summed E-state index contributed by atoms with van der Waals surface area (Å²) in [5.74, 6) is -0.0322. The molecule has 3 rings (SSSR count). The fourth-order valence-electron chi connectivity index (χ4n) is 3.65. The average Bonchev–Trinajstić information content (AvgIpc) is 2.67. The van der Waals surface area contributed by atoms with Crippen molar-refractivity contribution in [2.75, 3.05) is 6.54 Å². The van der Waals surface area contributed by atoms with Gasteiger partial charge in [0.05, 0.1) is 0 Å². The van der Waals surface area contributed by atoms with Crippen molar-refractivity contribution in [1.82, 2.24) is 5.32 Å². The van der Waals surface area contributed by atoms with Crippen LogP contribution in [0.4, 0.5) is 4.79 Å². The molecule has 1 amide bonds. The van der Waals surface area contributed by atoms with Crippen LogP contribution in [0.3, 0.4) is 0 Å². The van der Waals surface area contributed by atoms with Crippen LogP contribution in [0.1, 0.15) is 63.1 Å². The van der Waals surface area contributed by atoms with Gasteiger partial charge < -0.3 is 19.2 Å². The molecule has 1 aromatic heterocycles. The lowest BCUT2D eigenvalue weighted by Gasteiger charge is -2.19. The molecule has 162 valence electrons. The van der Waals surface area contributed by atoms with Crippen LogP contribution in [-0.2, 0) is 22.4 Å². The van der Waals surface area contributed by atoms with E-state index in [9.17, 15) is 14.4 Å². The second-order valence-corrected chi connectivity index (χ2v) is 8.63. The van der Waals surface area contributed by atoms with Gasteiger partial charge in [-0.25, -0.2) is 9.59 Å². The zero-order valence-electron chi connectivity index (χ0n) is 18.1. The zero-order valence-corrected chi connectivity index (χ0v) is 18.1. The molecule has 7 heteroatoms. The number of aryl methyl sites for hydroxylation is 2. The summed E-state index contributed by atoms with van der Waals surface area (Å²) in [7, 11) is 0. The van der Waals surface area contributed by atoms with E-state index in [4.69, 9.17) is 13.9 Å². The summed E-state index contributed by atoms with van der Waals surface area (Å²) in [6, 6.07) is 3.62. The van der Waals surface area contributed by atoms with Gasteiger partial charge in [-0.1, -0.05) is 0 Å². The summed E-state index contributed by atoms with van der Waals surface area (Å²) in [5, 5.41) is 3.53. The Balaban J connectivity index is 1.62. The predicted molar refractivity (Wildman–Crippen MR) is 113 cm³/mol. The Morgan fingerprint density at radius 3 is 2.53 bits per heavy atom. The van der Waals surface area contributed by atoms with E-state index in [0.717, 1.165) is 42.2 Å². The minimum absolute atomic E-state index is 0.140. The highest BCUT2D eigenvalue weighted by molar-refractivity contribution is 5.87. The summed E-state index contributed by atoms with van der Waals surface area (Å²) >= 11 is 0. The maximum absolute atomic E-state index is 12.4. The zero-order chi connectivity index (χ0) is 21.9. The van der Waals surface area contributed by atoms with Gasteiger partial charge in [0, 0.05) is 29.5 Å². The van der Waals surface area contributed by atoms with E-state index in [-0.39, 0.29) is 12.0 Å². The van der Waals surface area contributed by atoms with E-state index in [1.165, 1.54) is 0 Å². The second-order valence-electron chi connectivity index (χ2n) is 8.63. The van der Waals surface area contributed by atoms with Crippen molar-refractivity contribution in [3.63, 3.8) is 0 Å². The molecule has 1 heterocycles. The van der Waals surface area contributed by atoms with E-state index in [1.54, 1.807) is 33.8 Å². The maximum atomic E-state index is 12.4. The quantitative estimate of drug-likeness (QED) is 0.341. The molecule has 1 N–H and O–H groups in total. The van der Waals surface area contributed by atoms with Crippen molar-refractivity contribution in [3.05, 3.63) is 39.2 Å². The maximum Gasteiger partial charge on any atom is 0.407 e. The monoisotopic (exact) mass is 415 g/mol. The van der Waals surface area contributed by atoms with Crippen molar-refractivity contribution in [3.8, 4) is 5.75 Å². The number of hydrogen-bond donors (Lipinski definition) is 1. The molecule has 2 aromatic rings. The molecule has 0 unspecified atom stereocenters. The van der Waals surface area contributed by atoms with Gasteiger partial charge in [-0.05, 0) is 77.5 Å². The van der Waals surface area contributed by atoms with Crippen LogP contribution in [0.25, 0.3) is 11.0 Å². The summed E-state index contributed by atoms with van der Waals surface area (Å²) in [6.45, 7) is 7.45. The minimum atomic E-state index is -0.565. The SMILES string of the molecule is Cc1c(OC(=O)CCCNC(=O)OC(C)(C)C)ccc2c3c(c(=O)oc12)CCCC3. The number of carbonyl (C=O) groups is 2. The van der Waals surface area contributed by atoms with Crippen LogP contribution in [0, 0.1) is 6.92 Å². The average molecular weight is 415 g/mol. The van der Waals surface area contributed by atoms with Crippen molar-refractivity contribution >= 4 is 23.0 Å².